The second-order valence-corrected chi connectivity index (χ2v) is 4.37. The molecule has 1 fully saturated rings. The Labute approximate surface area is 129 Å². The van der Waals surface area contributed by atoms with Crippen molar-refractivity contribution < 1.29 is 33.8 Å². The Balaban J connectivity index is 2.28. The molecule has 23 heavy (non-hydrogen) atoms. The van der Waals surface area contributed by atoms with Crippen molar-refractivity contribution in [3.63, 3.8) is 0 Å². The Morgan fingerprint density at radius 2 is 1.83 bits per heavy atom. The molecule has 9 nitrogen and oxygen atoms in total. The van der Waals surface area contributed by atoms with Crippen LogP contribution in [-0.2, 0) is 14.4 Å². The van der Waals surface area contributed by atoms with Gasteiger partial charge in [0.05, 0.1) is 13.1 Å². The van der Waals surface area contributed by atoms with Crippen molar-refractivity contribution in [2.24, 2.45) is 0 Å². The predicted molar refractivity (Wildman–Crippen MR) is 73.2 cm³/mol. The minimum atomic E-state index is -1.39. The molecule has 0 radical (unpaired) electrons. The second kappa shape index (κ2) is 6.60. The van der Waals surface area contributed by atoms with Gasteiger partial charge in [0, 0.05) is 0 Å². The SMILES string of the molecule is COc1cc(C=C2C(=O)NC(=O)NC2=O)ccc1OCC(=O)[O-]. The van der Waals surface area contributed by atoms with Crippen LogP contribution in [0, 0.1) is 0 Å². The van der Waals surface area contributed by atoms with Crippen molar-refractivity contribution in [3.8, 4) is 11.5 Å². The largest absolute Gasteiger partial charge is 0.546 e. The van der Waals surface area contributed by atoms with Gasteiger partial charge in [-0.25, -0.2) is 4.79 Å². The molecule has 1 aliphatic rings. The number of nitrogens with one attached hydrogen (secondary N) is 2. The summed E-state index contributed by atoms with van der Waals surface area (Å²) in [5.74, 6) is -2.68. The maximum atomic E-state index is 11.6. The number of benzene rings is 1. The fourth-order valence-corrected chi connectivity index (χ4v) is 1.80. The van der Waals surface area contributed by atoms with E-state index >= 15 is 0 Å². The first-order chi connectivity index (χ1) is 10.9. The van der Waals surface area contributed by atoms with Gasteiger partial charge in [0.1, 0.15) is 12.2 Å². The lowest BCUT2D eigenvalue weighted by Gasteiger charge is -2.14. The highest BCUT2D eigenvalue weighted by Crippen LogP contribution is 2.29. The molecular formula is C14H11N2O7-. The Morgan fingerprint density at radius 1 is 1.17 bits per heavy atom. The molecule has 2 rings (SSSR count). The first-order valence-corrected chi connectivity index (χ1v) is 6.29. The van der Waals surface area contributed by atoms with E-state index in [1.54, 1.807) is 0 Å². The highest BCUT2D eigenvalue weighted by molar-refractivity contribution is 6.31. The van der Waals surface area contributed by atoms with Crippen LogP contribution in [0.25, 0.3) is 6.08 Å². The number of carbonyl (C=O) groups is 4. The molecule has 9 heteroatoms. The lowest BCUT2D eigenvalue weighted by molar-refractivity contribution is -0.307. The molecule has 1 heterocycles. The summed E-state index contributed by atoms with van der Waals surface area (Å²) in [4.78, 5) is 44.6. The molecule has 4 amide bonds. The van der Waals surface area contributed by atoms with Gasteiger partial charge in [0.15, 0.2) is 11.5 Å². The number of methoxy groups -OCH3 is 1. The van der Waals surface area contributed by atoms with Gasteiger partial charge in [0.25, 0.3) is 11.8 Å². The lowest BCUT2D eigenvalue weighted by Crippen LogP contribution is -2.51. The standard InChI is InChI=1S/C14H12N2O7/c1-22-10-5-7(2-3-9(10)23-6-11(17)18)4-8-12(19)15-14(21)16-13(8)20/h2-5H,6H2,1H3,(H,17,18)(H2,15,16,19,20,21)/p-1. The molecule has 0 aromatic heterocycles. The molecule has 1 aliphatic heterocycles. The Hall–Kier alpha value is -3.36. The second-order valence-electron chi connectivity index (χ2n) is 4.37. The van der Waals surface area contributed by atoms with Crippen molar-refractivity contribution in [1.82, 2.24) is 10.6 Å². The van der Waals surface area contributed by atoms with Crippen LogP contribution in [0.4, 0.5) is 4.79 Å². The van der Waals surface area contributed by atoms with E-state index in [2.05, 4.69) is 0 Å². The molecule has 0 bridgehead atoms. The molecule has 1 aromatic rings. The van der Waals surface area contributed by atoms with Crippen molar-refractivity contribution in [3.05, 3.63) is 29.3 Å². The van der Waals surface area contributed by atoms with Crippen LogP contribution in [0.3, 0.4) is 0 Å². The molecule has 0 aliphatic carbocycles. The summed E-state index contributed by atoms with van der Waals surface area (Å²) in [5.41, 5.74) is 0.160. The minimum absolute atomic E-state index is 0.159. The number of barbiturate groups is 1. The average molecular weight is 319 g/mol. The third-order valence-corrected chi connectivity index (χ3v) is 2.79. The zero-order chi connectivity index (χ0) is 17.0. The predicted octanol–water partition coefficient (Wildman–Crippen LogP) is -1.43. The summed E-state index contributed by atoms with van der Waals surface area (Å²) in [6.45, 7) is -0.649. The minimum Gasteiger partial charge on any atom is -0.546 e. The zero-order valence-electron chi connectivity index (χ0n) is 11.9. The van der Waals surface area contributed by atoms with Crippen LogP contribution in [0.1, 0.15) is 5.56 Å². The van der Waals surface area contributed by atoms with E-state index in [0.29, 0.717) is 5.56 Å². The number of hydrogen-bond donors (Lipinski definition) is 2. The van der Waals surface area contributed by atoms with Gasteiger partial charge < -0.3 is 19.4 Å². The number of carboxylic acid groups (broad SMARTS) is 1. The van der Waals surface area contributed by atoms with Gasteiger partial charge in [-0.15, -0.1) is 0 Å². The summed E-state index contributed by atoms with van der Waals surface area (Å²) in [7, 11) is 1.34. The quantitative estimate of drug-likeness (QED) is 0.502. The van der Waals surface area contributed by atoms with Crippen molar-refractivity contribution >= 4 is 29.9 Å². The highest BCUT2D eigenvalue weighted by atomic mass is 16.5. The van der Waals surface area contributed by atoms with E-state index in [-0.39, 0.29) is 17.1 Å². The van der Waals surface area contributed by atoms with Crippen LogP contribution >= 0.6 is 0 Å². The van der Waals surface area contributed by atoms with E-state index in [1.807, 2.05) is 10.6 Å². The van der Waals surface area contributed by atoms with Crippen LogP contribution < -0.4 is 25.2 Å². The molecule has 0 saturated carbocycles. The first-order valence-electron chi connectivity index (χ1n) is 6.29. The number of hydrogen-bond acceptors (Lipinski definition) is 7. The van der Waals surface area contributed by atoms with Crippen LogP contribution in [0.2, 0.25) is 0 Å². The number of rotatable bonds is 5. The van der Waals surface area contributed by atoms with E-state index in [4.69, 9.17) is 9.47 Å². The van der Waals surface area contributed by atoms with E-state index < -0.39 is 30.4 Å². The third kappa shape index (κ3) is 3.84. The van der Waals surface area contributed by atoms with Crippen molar-refractivity contribution in [1.29, 1.82) is 0 Å². The van der Waals surface area contributed by atoms with Gasteiger partial charge in [0.2, 0.25) is 0 Å². The zero-order valence-corrected chi connectivity index (χ0v) is 11.9. The molecule has 0 unspecified atom stereocenters. The molecule has 1 aromatic carbocycles. The molecule has 120 valence electrons. The van der Waals surface area contributed by atoms with Gasteiger partial charge in [-0.2, -0.15) is 0 Å². The summed E-state index contributed by atoms with van der Waals surface area (Å²) in [5, 5.41) is 14.3. The van der Waals surface area contributed by atoms with Crippen molar-refractivity contribution in [2.45, 2.75) is 0 Å². The fourth-order valence-electron chi connectivity index (χ4n) is 1.80. The number of aliphatic carboxylic acids is 1. The number of imide groups is 2. The fraction of sp³-hybridized carbons (Fsp3) is 0.143. The normalized spacial score (nSPS) is 14.0. The Kier molecular flexibility index (Phi) is 4.60. The third-order valence-electron chi connectivity index (χ3n) is 2.79. The molecular weight excluding hydrogens is 308 g/mol. The summed E-state index contributed by atoms with van der Waals surface area (Å²) in [6.07, 6.45) is 1.25. The number of carboxylic acids is 1. The van der Waals surface area contributed by atoms with Crippen LogP contribution in [0.5, 0.6) is 11.5 Å². The monoisotopic (exact) mass is 319 g/mol. The summed E-state index contributed by atoms with van der Waals surface area (Å²) < 4.78 is 10.0. The summed E-state index contributed by atoms with van der Waals surface area (Å²) >= 11 is 0. The first kappa shape index (κ1) is 16.0. The topological polar surface area (TPSA) is 134 Å². The molecule has 0 spiro atoms. The Bertz CT molecular complexity index is 702. The summed E-state index contributed by atoms with van der Waals surface area (Å²) in [6, 6.07) is 3.45. The van der Waals surface area contributed by atoms with E-state index in [1.165, 1.54) is 31.4 Å². The average Bonchev–Trinajstić information content (AvgIpc) is 2.49. The lowest BCUT2D eigenvalue weighted by atomic mass is 10.1. The number of carbonyl (C=O) groups excluding carboxylic acids is 4. The number of ether oxygens (including phenoxy) is 2. The van der Waals surface area contributed by atoms with Crippen molar-refractivity contribution in [2.75, 3.05) is 13.7 Å². The maximum Gasteiger partial charge on any atom is 0.328 e. The Morgan fingerprint density at radius 3 is 2.39 bits per heavy atom. The van der Waals surface area contributed by atoms with Gasteiger partial charge in [-0.3, -0.25) is 20.2 Å². The molecule has 1 saturated heterocycles. The smallest absolute Gasteiger partial charge is 0.328 e. The van der Waals surface area contributed by atoms with E-state index in [0.717, 1.165) is 0 Å². The van der Waals surface area contributed by atoms with Crippen LogP contribution in [0.15, 0.2) is 23.8 Å². The van der Waals surface area contributed by atoms with Gasteiger partial charge in [-0.1, -0.05) is 6.07 Å². The van der Waals surface area contributed by atoms with E-state index in [9.17, 15) is 24.3 Å². The van der Waals surface area contributed by atoms with Crippen LogP contribution in [-0.4, -0.2) is 37.5 Å². The molecule has 0 atom stereocenters. The maximum absolute atomic E-state index is 11.6. The molecule has 2 N–H and O–H groups in total. The van der Waals surface area contributed by atoms with Gasteiger partial charge in [-0.05, 0) is 23.8 Å². The van der Waals surface area contributed by atoms with Gasteiger partial charge >= 0.3 is 6.03 Å². The highest BCUT2D eigenvalue weighted by Gasteiger charge is 2.27. The number of amides is 4. The number of urea groups is 1.